The Kier molecular flexibility index (Phi) is 7.18. The van der Waals surface area contributed by atoms with Crippen molar-refractivity contribution in [3.63, 3.8) is 0 Å². The first-order chi connectivity index (χ1) is 11.2. The highest BCUT2D eigenvalue weighted by Crippen LogP contribution is 2.25. The zero-order valence-corrected chi connectivity index (χ0v) is 18.0. The van der Waals surface area contributed by atoms with Crippen molar-refractivity contribution in [2.24, 2.45) is 0 Å². The average molecular weight is 511 g/mol. The first-order valence-corrected chi connectivity index (χ1v) is 9.91. The number of amides is 1. The Morgan fingerprint density at radius 2 is 2.21 bits per heavy atom. The molecular weight excluding hydrogens is 487 g/mol. The molecule has 1 saturated heterocycles. The Labute approximate surface area is 165 Å². The summed E-state index contributed by atoms with van der Waals surface area (Å²) < 4.78 is 13.4. The van der Waals surface area contributed by atoms with Crippen molar-refractivity contribution < 1.29 is 14.3 Å². The molecule has 0 radical (unpaired) electrons. The van der Waals surface area contributed by atoms with Gasteiger partial charge in [-0.2, -0.15) is 0 Å². The van der Waals surface area contributed by atoms with E-state index < -0.39 is 5.60 Å². The SMILES string of the molecule is CC(C)(C)OC(=O)N1CCNC(CCOc2cc(Br)ccc2I)C1. The molecule has 1 atom stereocenters. The van der Waals surface area contributed by atoms with Gasteiger partial charge in [0.2, 0.25) is 0 Å². The van der Waals surface area contributed by atoms with E-state index in [1.807, 2.05) is 39.0 Å². The fourth-order valence-electron chi connectivity index (χ4n) is 2.41. The number of nitrogens with one attached hydrogen (secondary N) is 1. The maximum absolute atomic E-state index is 12.2. The Morgan fingerprint density at radius 3 is 2.92 bits per heavy atom. The summed E-state index contributed by atoms with van der Waals surface area (Å²) in [5.41, 5.74) is -0.460. The lowest BCUT2D eigenvalue weighted by atomic mass is 10.1. The van der Waals surface area contributed by atoms with Gasteiger partial charge in [-0.1, -0.05) is 15.9 Å². The van der Waals surface area contributed by atoms with Crippen molar-refractivity contribution in [2.45, 2.75) is 38.8 Å². The van der Waals surface area contributed by atoms with Crippen LogP contribution in [0.25, 0.3) is 0 Å². The van der Waals surface area contributed by atoms with Gasteiger partial charge in [-0.25, -0.2) is 4.79 Å². The van der Waals surface area contributed by atoms with Crippen LogP contribution in [0.15, 0.2) is 22.7 Å². The zero-order chi connectivity index (χ0) is 17.7. The van der Waals surface area contributed by atoms with E-state index >= 15 is 0 Å². The lowest BCUT2D eigenvalue weighted by Crippen LogP contribution is -2.53. The van der Waals surface area contributed by atoms with Crippen LogP contribution in [0.4, 0.5) is 4.79 Å². The molecule has 1 aliphatic heterocycles. The summed E-state index contributed by atoms with van der Waals surface area (Å²) in [6, 6.07) is 6.21. The van der Waals surface area contributed by atoms with Gasteiger partial charge >= 0.3 is 6.09 Å². The highest BCUT2D eigenvalue weighted by Gasteiger charge is 2.27. The van der Waals surface area contributed by atoms with E-state index in [2.05, 4.69) is 43.8 Å². The molecule has 1 aromatic carbocycles. The van der Waals surface area contributed by atoms with E-state index in [0.29, 0.717) is 19.7 Å². The molecule has 0 spiro atoms. The average Bonchev–Trinajstić information content (AvgIpc) is 2.49. The minimum absolute atomic E-state index is 0.219. The van der Waals surface area contributed by atoms with Crippen LogP contribution in [0.2, 0.25) is 0 Å². The minimum atomic E-state index is -0.460. The largest absolute Gasteiger partial charge is 0.492 e. The maximum Gasteiger partial charge on any atom is 0.410 e. The molecule has 0 aliphatic carbocycles. The summed E-state index contributed by atoms with van der Waals surface area (Å²) in [4.78, 5) is 13.9. The summed E-state index contributed by atoms with van der Waals surface area (Å²) in [7, 11) is 0. The molecule has 134 valence electrons. The van der Waals surface area contributed by atoms with Gasteiger partial charge in [0.1, 0.15) is 11.4 Å². The van der Waals surface area contributed by atoms with Gasteiger partial charge in [-0.15, -0.1) is 0 Å². The van der Waals surface area contributed by atoms with Gasteiger partial charge in [-0.05, 0) is 68.0 Å². The maximum atomic E-state index is 12.2. The number of piperazine rings is 1. The van der Waals surface area contributed by atoms with Crippen LogP contribution in [-0.2, 0) is 4.74 Å². The molecule has 1 fully saturated rings. The quantitative estimate of drug-likeness (QED) is 0.621. The van der Waals surface area contributed by atoms with Crippen LogP contribution in [0.1, 0.15) is 27.2 Å². The van der Waals surface area contributed by atoms with E-state index in [-0.39, 0.29) is 12.1 Å². The first kappa shape index (κ1) is 19.8. The molecule has 5 nitrogen and oxygen atoms in total. The number of halogens is 2. The van der Waals surface area contributed by atoms with Crippen molar-refractivity contribution >= 4 is 44.6 Å². The van der Waals surface area contributed by atoms with Gasteiger partial charge in [0.15, 0.2) is 0 Å². The number of nitrogens with zero attached hydrogens (tertiary/aromatic N) is 1. The van der Waals surface area contributed by atoms with Crippen LogP contribution < -0.4 is 10.1 Å². The molecule has 0 aromatic heterocycles. The fourth-order valence-corrected chi connectivity index (χ4v) is 3.24. The fraction of sp³-hybridized carbons (Fsp3) is 0.588. The van der Waals surface area contributed by atoms with Gasteiger partial charge in [-0.3, -0.25) is 0 Å². The highest BCUT2D eigenvalue weighted by molar-refractivity contribution is 14.1. The van der Waals surface area contributed by atoms with E-state index in [4.69, 9.17) is 9.47 Å². The first-order valence-electron chi connectivity index (χ1n) is 8.04. The van der Waals surface area contributed by atoms with Gasteiger partial charge < -0.3 is 19.7 Å². The molecule has 0 saturated carbocycles. The third-order valence-corrected chi connectivity index (χ3v) is 4.91. The van der Waals surface area contributed by atoms with E-state index in [0.717, 1.165) is 26.8 Å². The molecule has 24 heavy (non-hydrogen) atoms. The Hall–Kier alpha value is -0.540. The number of hydrogen-bond acceptors (Lipinski definition) is 4. The van der Waals surface area contributed by atoms with E-state index in [1.165, 1.54) is 0 Å². The summed E-state index contributed by atoms with van der Waals surface area (Å²) in [6.45, 7) is 8.36. The van der Waals surface area contributed by atoms with Gasteiger partial charge in [0.25, 0.3) is 0 Å². The highest BCUT2D eigenvalue weighted by atomic mass is 127. The number of carbonyl (C=O) groups is 1. The molecule has 1 amide bonds. The second-order valence-corrected chi connectivity index (χ2v) is 8.87. The lowest BCUT2D eigenvalue weighted by Gasteiger charge is -2.34. The number of hydrogen-bond donors (Lipinski definition) is 1. The lowest BCUT2D eigenvalue weighted by molar-refractivity contribution is 0.0188. The number of benzene rings is 1. The normalized spacial score (nSPS) is 18.4. The van der Waals surface area contributed by atoms with Crippen molar-refractivity contribution in [3.8, 4) is 5.75 Å². The Bertz CT molecular complexity index is 577. The minimum Gasteiger partial charge on any atom is -0.492 e. The van der Waals surface area contributed by atoms with Crippen molar-refractivity contribution in [1.82, 2.24) is 10.2 Å². The third kappa shape index (κ3) is 6.40. The molecule has 1 unspecified atom stereocenters. The molecule has 1 heterocycles. The topological polar surface area (TPSA) is 50.8 Å². The molecular formula is C17H24BrIN2O3. The summed E-state index contributed by atoms with van der Waals surface area (Å²) in [5, 5.41) is 3.44. The number of ether oxygens (including phenoxy) is 2. The molecule has 1 aromatic rings. The predicted octanol–water partition coefficient (Wildman–Crippen LogP) is 4.03. The van der Waals surface area contributed by atoms with E-state index in [1.54, 1.807) is 4.90 Å². The zero-order valence-electron chi connectivity index (χ0n) is 14.3. The van der Waals surface area contributed by atoms with Crippen LogP contribution in [-0.4, -0.2) is 48.9 Å². The number of carbonyl (C=O) groups excluding carboxylic acids is 1. The van der Waals surface area contributed by atoms with E-state index in [9.17, 15) is 4.79 Å². The second kappa shape index (κ2) is 8.71. The predicted molar refractivity (Wildman–Crippen MR) is 107 cm³/mol. The second-order valence-electron chi connectivity index (χ2n) is 6.79. The summed E-state index contributed by atoms with van der Waals surface area (Å²) in [5.74, 6) is 0.879. The van der Waals surface area contributed by atoms with Crippen LogP contribution in [0.3, 0.4) is 0 Å². The van der Waals surface area contributed by atoms with Crippen molar-refractivity contribution in [1.29, 1.82) is 0 Å². The molecule has 2 rings (SSSR count). The summed E-state index contributed by atoms with van der Waals surface area (Å²) >= 11 is 5.72. The molecule has 0 bridgehead atoms. The smallest absolute Gasteiger partial charge is 0.410 e. The van der Waals surface area contributed by atoms with Crippen molar-refractivity contribution in [3.05, 3.63) is 26.2 Å². The van der Waals surface area contributed by atoms with Crippen LogP contribution in [0.5, 0.6) is 5.75 Å². The van der Waals surface area contributed by atoms with Gasteiger partial charge in [0.05, 0.1) is 10.2 Å². The molecule has 1 N–H and O–H groups in total. The Balaban J connectivity index is 1.80. The van der Waals surface area contributed by atoms with Crippen LogP contribution in [0, 0.1) is 3.57 Å². The van der Waals surface area contributed by atoms with Crippen LogP contribution >= 0.6 is 38.5 Å². The molecule has 7 heteroatoms. The molecule has 1 aliphatic rings. The Morgan fingerprint density at radius 1 is 1.46 bits per heavy atom. The standard InChI is InChI=1S/C17H24BrIN2O3/c1-17(2,3)24-16(22)21-8-7-20-13(11-21)6-9-23-15-10-12(18)4-5-14(15)19/h4-5,10,13,20H,6-9,11H2,1-3H3. The monoisotopic (exact) mass is 510 g/mol. The van der Waals surface area contributed by atoms with Crippen molar-refractivity contribution in [2.75, 3.05) is 26.2 Å². The third-order valence-electron chi connectivity index (χ3n) is 3.52. The van der Waals surface area contributed by atoms with Gasteiger partial charge in [0, 0.05) is 30.1 Å². The number of rotatable bonds is 4. The summed E-state index contributed by atoms with van der Waals surface area (Å²) in [6.07, 6.45) is 0.596.